The summed E-state index contributed by atoms with van der Waals surface area (Å²) in [6, 6.07) is 8.30. The monoisotopic (exact) mass is 350 g/mol. The molecule has 5 heteroatoms. The van der Waals surface area contributed by atoms with Gasteiger partial charge < -0.3 is 15.4 Å². The normalized spacial score (nSPS) is 21.2. The van der Waals surface area contributed by atoms with Gasteiger partial charge in [-0.15, -0.1) is 0 Å². The van der Waals surface area contributed by atoms with Crippen LogP contribution < -0.4 is 10.6 Å². The minimum Gasteiger partial charge on any atom is -0.381 e. The van der Waals surface area contributed by atoms with E-state index in [0.29, 0.717) is 12.6 Å². The lowest BCUT2D eigenvalue weighted by molar-refractivity contribution is 0.0506. The van der Waals surface area contributed by atoms with Gasteiger partial charge in [0.2, 0.25) is 0 Å². The third-order valence-corrected chi connectivity index (χ3v) is 5.69. The third-order valence-electron chi connectivity index (χ3n) is 5.43. The van der Waals surface area contributed by atoms with E-state index < -0.39 is 0 Å². The van der Waals surface area contributed by atoms with E-state index in [1.165, 1.54) is 24.8 Å². The second kappa shape index (κ2) is 8.21. The fourth-order valence-corrected chi connectivity index (χ4v) is 3.99. The zero-order chi connectivity index (χ0) is 16.8. The first kappa shape index (κ1) is 17.6. The van der Waals surface area contributed by atoms with E-state index in [9.17, 15) is 4.79 Å². The van der Waals surface area contributed by atoms with E-state index in [-0.39, 0.29) is 11.4 Å². The summed E-state index contributed by atoms with van der Waals surface area (Å²) >= 11 is 6.03. The summed E-state index contributed by atoms with van der Waals surface area (Å²) in [5.41, 5.74) is 1.17. The standard InChI is InChI=1S/C19H27ClN2O2/c20-16-8-6-15(7-9-16)19(10-12-24-13-11-19)14-21-18(23)22-17-4-2-1-3-5-17/h6-9,17H,1-5,10-14H2,(H2,21,22,23). The van der Waals surface area contributed by atoms with Crippen molar-refractivity contribution in [3.05, 3.63) is 34.9 Å². The fourth-order valence-electron chi connectivity index (χ4n) is 3.87. The molecule has 2 fully saturated rings. The van der Waals surface area contributed by atoms with Crippen LogP contribution in [0.2, 0.25) is 5.02 Å². The first-order valence-corrected chi connectivity index (χ1v) is 9.44. The number of ether oxygens (including phenoxy) is 1. The lowest BCUT2D eigenvalue weighted by Crippen LogP contribution is -2.49. The Hall–Kier alpha value is -1.26. The number of nitrogens with one attached hydrogen (secondary N) is 2. The van der Waals surface area contributed by atoms with E-state index in [4.69, 9.17) is 16.3 Å². The second-order valence-electron chi connectivity index (χ2n) is 7.06. The van der Waals surface area contributed by atoms with E-state index in [0.717, 1.165) is 43.9 Å². The number of benzene rings is 1. The molecule has 2 aliphatic rings. The molecule has 2 N–H and O–H groups in total. The lowest BCUT2D eigenvalue weighted by atomic mass is 9.74. The van der Waals surface area contributed by atoms with Crippen molar-refractivity contribution in [2.75, 3.05) is 19.8 Å². The average molecular weight is 351 g/mol. The predicted molar refractivity (Wildman–Crippen MR) is 96.6 cm³/mol. The maximum absolute atomic E-state index is 12.3. The van der Waals surface area contributed by atoms with Crippen molar-refractivity contribution in [1.29, 1.82) is 0 Å². The van der Waals surface area contributed by atoms with Crippen molar-refractivity contribution in [2.45, 2.75) is 56.4 Å². The number of amides is 2. The molecule has 3 rings (SSSR count). The van der Waals surface area contributed by atoms with Gasteiger partial charge >= 0.3 is 6.03 Å². The lowest BCUT2D eigenvalue weighted by Gasteiger charge is -2.38. The highest BCUT2D eigenvalue weighted by Crippen LogP contribution is 2.34. The van der Waals surface area contributed by atoms with Crippen LogP contribution in [0.1, 0.15) is 50.5 Å². The number of rotatable bonds is 4. The first-order chi connectivity index (χ1) is 11.7. The Morgan fingerprint density at radius 3 is 2.46 bits per heavy atom. The van der Waals surface area contributed by atoms with Gasteiger partial charge in [0.15, 0.2) is 0 Å². The molecule has 1 aliphatic heterocycles. The highest BCUT2D eigenvalue weighted by atomic mass is 35.5. The van der Waals surface area contributed by atoms with Crippen LogP contribution in [0.5, 0.6) is 0 Å². The molecule has 132 valence electrons. The summed E-state index contributed by atoms with van der Waals surface area (Å²) in [6.45, 7) is 2.10. The molecule has 0 radical (unpaired) electrons. The summed E-state index contributed by atoms with van der Waals surface area (Å²) < 4.78 is 5.54. The van der Waals surface area contributed by atoms with Crippen molar-refractivity contribution in [3.63, 3.8) is 0 Å². The van der Waals surface area contributed by atoms with Gasteiger partial charge in [0.1, 0.15) is 0 Å². The maximum atomic E-state index is 12.3. The van der Waals surface area contributed by atoms with Crippen LogP contribution in [0.4, 0.5) is 4.79 Å². The molecule has 1 aromatic carbocycles. The van der Waals surface area contributed by atoms with Crippen LogP contribution in [0.25, 0.3) is 0 Å². The smallest absolute Gasteiger partial charge is 0.315 e. The first-order valence-electron chi connectivity index (χ1n) is 9.06. The minimum absolute atomic E-state index is 0.0401. The molecule has 2 amide bonds. The Morgan fingerprint density at radius 1 is 1.12 bits per heavy atom. The highest BCUT2D eigenvalue weighted by Gasteiger charge is 2.35. The van der Waals surface area contributed by atoms with Gasteiger partial charge in [-0.1, -0.05) is 43.0 Å². The van der Waals surface area contributed by atoms with Gasteiger partial charge in [0.25, 0.3) is 0 Å². The zero-order valence-electron chi connectivity index (χ0n) is 14.2. The van der Waals surface area contributed by atoms with Gasteiger partial charge in [-0.3, -0.25) is 0 Å². The SMILES string of the molecule is O=C(NCC1(c2ccc(Cl)cc2)CCOCC1)NC1CCCCC1. The largest absolute Gasteiger partial charge is 0.381 e. The highest BCUT2D eigenvalue weighted by molar-refractivity contribution is 6.30. The van der Waals surface area contributed by atoms with Crippen LogP contribution in [-0.4, -0.2) is 31.8 Å². The molecule has 4 nitrogen and oxygen atoms in total. The maximum Gasteiger partial charge on any atom is 0.315 e. The van der Waals surface area contributed by atoms with Gasteiger partial charge in [-0.05, 0) is 43.4 Å². The number of urea groups is 1. The van der Waals surface area contributed by atoms with Crippen LogP contribution in [0.3, 0.4) is 0 Å². The summed E-state index contributed by atoms with van der Waals surface area (Å²) in [7, 11) is 0. The molecular formula is C19H27ClN2O2. The predicted octanol–water partition coefficient (Wildman–Crippen LogP) is 4.02. The quantitative estimate of drug-likeness (QED) is 0.861. The van der Waals surface area contributed by atoms with Crippen molar-refractivity contribution in [1.82, 2.24) is 10.6 Å². The number of halogens is 1. The minimum atomic E-state index is -0.0628. The molecule has 1 saturated carbocycles. The van der Waals surface area contributed by atoms with Crippen LogP contribution in [0, 0.1) is 0 Å². The Bertz CT molecular complexity index is 535. The molecular weight excluding hydrogens is 324 g/mol. The van der Waals surface area contributed by atoms with E-state index in [1.807, 2.05) is 12.1 Å². The van der Waals surface area contributed by atoms with Crippen molar-refractivity contribution < 1.29 is 9.53 Å². The number of hydrogen-bond donors (Lipinski definition) is 2. The fraction of sp³-hybridized carbons (Fsp3) is 0.632. The topological polar surface area (TPSA) is 50.4 Å². The molecule has 1 aliphatic carbocycles. The second-order valence-corrected chi connectivity index (χ2v) is 7.50. The Labute approximate surface area is 149 Å². The van der Waals surface area contributed by atoms with Gasteiger partial charge in [0, 0.05) is 36.2 Å². The van der Waals surface area contributed by atoms with E-state index >= 15 is 0 Å². The van der Waals surface area contributed by atoms with Gasteiger partial charge in [0.05, 0.1) is 0 Å². The number of hydrogen-bond acceptors (Lipinski definition) is 2. The van der Waals surface area contributed by atoms with Crippen molar-refractivity contribution >= 4 is 17.6 Å². The zero-order valence-corrected chi connectivity index (χ0v) is 14.9. The van der Waals surface area contributed by atoms with Crippen LogP contribution in [-0.2, 0) is 10.2 Å². The molecule has 1 heterocycles. The summed E-state index contributed by atoms with van der Waals surface area (Å²) in [4.78, 5) is 12.3. The number of carbonyl (C=O) groups excluding carboxylic acids is 1. The molecule has 24 heavy (non-hydrogen) atoms. The average Bonchev–Trinajstić information content (AvgIpc) is 2.62. The molecule has 1 aromatic rings. The summed E-state index contributed by atoms with van der Waals surface area (Å²) in [5, 5.41) is 6.99. The molecule has 1 saturated heterocycles. The Balaban J connectivity index is 1.61. The summed E-state index contributed by atoms with van der Waals surface area (Å²) in [6.07, 6.45) is 7.76. The van der Waals surface area contributed by atoms with Crippen molar-refractivity contribution in [2.24, 2.45) is 0 Å². The van der Waals surface area contributed by atoms with Crippen molar-refractivity contribution in [3.8, 4) is 0 Å². The summed E-state index contributed by atoms with van der Waals surface area (Å²) in [5.74, 6) is 0. The van der Waals surface area contributed by atoms with Crippen LogP contribution in [0.15, 0.2) is 24.3 Å². The van der Waals surface area contributed by atoms with Crippen LogP contribution >= 0.6 is 11.6 Å². The molecule has 0 aromatic heterocycles. The Morgan fingerprint density at radius 2 is 1.79 bits per heavy atom. The molecule has 0 bridgehead atoms. The molecule has 0 atom stereocenters. The van der Waals surface area contributed by atoms with E-state index in [2.05, 4.69) is 22.8 Å². The molecule has 0 unspecified atom stereocenters. The van der Waals surface area contributed by atoms with Gasteiger partial charge in [-0.2, -0.15) is 0 Å². The molecule has 0 spiro atoms. The third kappa shape index (κ3) is 4.42. The Kier molecular flexibility index (Phi) is 6.01. The number of carbonyl (C=O) groups is 1. The van der Waals surface area contributed by atoms with E-state index in [1.54, 1.807) is 0 Å². The van der Waals surface area contributed by atoms with Gasteiger partial charge in [-0.25, -0.2) is 4.79 Å².